The molecule has 0 saturated carbocycles. The number of ether oxygens (including phenoxy) is 1. The van der Waals surface area contributed by atoms with E-state index in [1.54, 1.807) is 17.7 Å². The van der Waals surface area contributed by atoms with E-state index in [2.05, 4.69) is 17.2 Å². The van der Waals surface area contributed by atoms with Gasteiger partial charge in [-0.3, -0.25) is 4.79 Å². The molecule has 114 valence electrons. The number of hydrogen-bond donors (Lipinski definition) is 2. The maximum absolute atomic E-state index is 12.0. The molecule has 0 bridgehead atoms. The number of unbranched alkanes of at least 4 members (excludes halogenated alkanes) is 1. The minimum absolute atomic E-state index is 0.0757. The average molecular weight is 291 g/mol. The second-order valence-electron chi connectivity index (χ2n) is 4.83. The highest BCUT2D eigenvalue weighted by molar-refractivity contribution is 5.82. The molecule has 2 N–H and O–H groups in total. The molecule has 0 atom stereocenters. The van der Waals surface area contributed by atoms with Gasteiger partial charge in [-0.2, -0.15) is 0 Å². The van der Waals surface area contributed by atoms with Crippen molar-refractivity contribution in [2.45, 2.75) is 32.9 Å². The summed E-state index contributed by atoms with van der Waals surface area (Å²) in [4.78, 5) is 16.3. The lowest BCUT2D eigenvalue weighted by Crippen LogP contribution is -2.29. The first kappa shape index (κ1) is 15.3. The maximum Gasteiger partial charge on any atom is 0.240 e. The first-order valence-corrected chi connectivity index (χ1v) is 7.10. The fourth-order valence-corrected chi connectivity index (χ4v) is 2.19. The number of benzene rings is 1. The first-order chi connectivity index (χ1) is 10.2. The van der Waals surface area contributed by atoms with Gasteiger partial charge in [-0.15, -0.1) is 0 Å². The number of methoxy groups -OCH3 is 1. The summed E-state index contributed by atoms with van der Waals surface area (Å²) < 4.78 is 6.89. The third kappa shape index (κ3) is 3.52. The van der Waals surface area contributed by atoms with Crippen LogP contribution in [-0.2, 0) is 17.9 Å². The Morgan fingerprint density at radius 2 is 2.29 bits per heavy atom. The van der Waals surface area contributed by atoms with E-state index in [1.807, 2.05) is 12.1 Å². The number of hydrogen-bond acceptors (Lipinski definition) is 4. The Morgan fingerprint density at radius 3 is 2.95 bits per heavy atom. The monoisotopic (exact) mass is 291 g/mol. The summed E-state index contributed by atoms with van der Waals surface area (Å²) in [7, 11) is 1.59. The Labute approximate surface area is 123 Å². The normalized spacial score (nSPS) is 10.8. The van der Waals surface area contributed by atoms with E-state index in [1.165, 1.54) is 0 Å². The lowest BCUT2D eigenvalue weighted by atomic mass is 10.3. The van der Waals surface area contributed by atoms with Crippen LogP contribution in [0.4, 0.5) is 0 Å². The second-order valence-corrected chi connectivity index (χ2v) is 4.83. The van der Waals surface area contributed by atoms with Gasteiger partial charge < -0.3 is 19.7 Å². The zero-order valence-electron chi connectivity index (χ0n) is 12.4. The van der Waals surface area contributed by atoms with E-state index >= 15 is 0 Å². The van der Waals surface area contributed by atoms with Crippen molar-refractivity contribution in [3.05, 3.63) is 24.0 Å². The number of imidazole rings is 1. The summed E-state index contributed by atoms with van der Waals surface area (Å²) in [6, 6.07) is 5.45. The molecule has 1 aromatic heterocycles. The van der Waals surface area contributed by atoms with Gasteiger partial charge in [-0.25, -0.2) is 4.98 Å². The molecule has 0 aliphatic heterocycles. The molecular weight excluding hydrogens is 270 g/mol. The predicted molar refractivity (Wildman–Crippen MR) is 80.1 cm³/mol. The third-order valence-electron chi connectivity index (χ3n) is 3.33. The van der Waals surface area contributed by atoms with Gasteiger partial charge in [-0.05, 0) is 18.6 Å². The summed E-state index contributed by atoms with van der Waals surface area (Å²) in [6.45, 7) is 2.69. The van der Waals surface area contributed by atoms with E-state index in [9.17, 15) is 9.90 Å². The van der Waals surface area contributed by atoms with Crippen LogP contribution in [0.2, 0.25) is 0 Å². The zero-order valence-corrected chi connectivity index (χ0v) is 12.4. The molecule has 0 spiro atoms. The van der Waals surface area contributed by atoms with E-state index in [-0.39, 0.29) is 19.1 Å². The van der Waals surface area contributed by atoms with Crippen LogP contribution >= 0.6 is 0 Å². The fourth-order valence-electron chi connectivity index (χ4n) is 2.19. The smallest absolute Gasteiger partial charge is 0.240 e. The molecule has 1 aromatic carbocycles. The van der Waals surface area contributed by atoms with Crippen LogP contribution in [0, 0.1) is 0 Å². The van der Waals surface area contributed by atoms with Gasteiger partial charge in [0.05, 0.1) is 18.1 Å². The fraction of sp³-hybridized carbons (Fsp3) is 0.467. The van der Waals surface area contributed by atoms with Crippen LogP contribution in [0.1, 0.15) is 25.6 Å². The van der Waals surface area contributed by atoms with Crippen molar-refractivity contribution in [1.82, 2.24) is 14.9 Å². The highest BCUT2D eigenvalue weighted by Crippen LogP contribution is 2.21. The van der Waals surface area contributed by atoms with Crippen LogP contribution in [0.15, 0.2) is 18.2 Å². The average Bonchev–Trinajstić information content (AvgIpc) is 2.84. The number of aliphatic hydroxyl groups excluding tert-OH is 1. The number of carbonyl (C=O) groups is 1. The van der Waals surface area contributed by atoms with Gasteiger partial charge in [0, 0.05) is 12.6 Å². The number of aromatic nitrogens is 2. The number of nitrogens with zero attached hydrogens (tertiary/aromatic N) is 2. The second kappa shape index (κ2) is 7.08. The Balaban J connectivity index is 2.23. The zero-order chi connectivity index (χ0) is 15.2. The summed E-state index contributed by atoms with van der Waals surface area (Å²) >= 11 is 0. The van der Waals surface area contributed by atoms with E-state index in [0.29, 0.717) is 23.6 Å². The molecule has 1 heterocycles. The van der Waals surface area contributed by atoms with Gasteiger partial charge in [-0.1, -0.05) is 13.3 Å². The molecule has 0 fully saturated rings. The topological polar surface area (TPSA) is 76.4 Å². The lowest BCUT2D eigenvalue weighted by Gasteiger charge is -2.08. The van der Waals surface area contributed by atoms with Crippen LogP contribution in [-0.4, -0.2) is 34.2 Å². The molecule has 0 aliphatic carbocycles. The molecular formula is C15H21N3O3. The van der Waals surface area contributed by atoms with Crippen LogP contribution in [0.25, 0.3) is 11.0 Å². The summed E-state index contributed by atoms with van der Waals surface area (Å²) in [5.74, 6) is 1.10. The van der Waals surface area contributed by atoms with Gasteiger partial charge in [0.25, 0.3) is 0 Å². The number of rotatable bonds is 7. The summed E-state index contributed by atoms with van der Waals surface area (Å²) in [6.07, 6.45) is 2.00. The quantitative estimate of drug-likeness (QED) is 0.757. The van der Waals surface area contributed by atoms with E-state index in [4.69, 9.17) is 4.74 Å². The molecule has 0 radical (unpaired) electrons. The molecule has 1 amide bonds. The number of amides is 1. The van der Waals surface area contributed by atoms with Gasteiger partial charge in [0.2, 0.25) is 5.91 Å². The first-order valence-electron chi connectivity index (χ1n) is 7.10. The van der Waals surface area contributed by atoms with Gasteiger partial charge in [0.15, 0.2) is 0 Å². The lowest BCUT2D eigenvalue weighted by molar-refractivity contribution is -0.121. The molecule has 2 aromatic rings. The van der Waals surface area contributed by atoms with E-state index < -0.39 is 0 Å². The number of fused-ring (bicyclic) bond motifs is 1. The summed E-state index contributed by atoms with van der Waals surface area (Å²) in [5, 5.41) is 12.3. The van der Waals surface area contributed by atoms with Crippen molar-refractivity contribution in [2.75, 3.05) is 13.7 Å². The SMILES string of the molecule is CCCCNC(=O)Cn1c(CO)nc2cc(OC)ccc21. The minimum atomic E-state index is -0.209. The Hall–Kier alpha value is -2.08. The van der Waals surface area contributed by atoms with Crippen molar-refractivity contribution >= 4 is 16.9 Å². The van der Waals surface area contributed by atoms with Crippen molar-refractivity contribution in [3.63, 3.8) is 0 Å². The third-order valence-corrected chi connectivity index (χ3v) is 3.33. The predicted octanol–water partition coefficient (Wildman–Crippen LogP) is 1.45. The standard InChI is InChI=1S/C15H21N3O3/c1-3-4-7-16-15(20)9-18-13-6-5-11(21-2)8-12(13)17-14(18)10-19/h5-6,8,19H,3-4,7,9-10H2,1-2H3,(H,16,20). The maximum atomic E-state index is 12.0. The highest BCUT2D eigenvalue weighted by atomic mass is 16.5. The number of aliphatic hydroxyl groups is 1. The minimum Gasteiger partial charge on any atom is -0.497 e. The van der Waals surface area contributed by atoms with Crippen LogP contribution in [0.3, 0.4) is 0 Å². The van der Waals surface area contributed by atoms with Gasteiger partial charge >= 0.3 is 0 Å². The van der Waals surface area contributed by atoms with Crippen molar-refractivity contribution in [2.24, 2.45) is 0 Å². The summed E-state index contributed by atoms with van der Waals surface area (Å²) in [5.41, 5.74) is 1.52. The van der Waals surface area contributed by atoms with Gasteiger partial charge in [0.1, 0.15) is 24.7 Å². The largest absolute Gasteiger partial charge is 0.497 e. The molecule has 2 rings (SSSR count). The molecule has 0 aliphatic rings. The van der Waals surface area contributed by atoms with E-state index in [0.717, 1.165) is 18.4 Å². The molecule has 6 nitrogen and oxygen atoms in total. The molecule has 0 unspecified atom stereocenters. The molecule has 21 heavy (non-hydrogen) atoms. The Bertz CT molecular complexity index is 622. The van der Waals surface area contributed by atoms with Crippen molar-refractivity contribution in [3.8, 4) is 5.75 Å². The number of nitrogens with one attached hydrogen (secondary N) is 1. The van der Waals surface area contributed by atoms with Crippen molar-refractivity contribution < 1.29 is 14.6 Å². The molecule has 6 heteroatoms. The van der Waals surface area contributed by atoms with Crippen molar-refractivity contribution in [1.29, 1.82) is 0 Å². The highest BCUT2D eigenvalue weighted by Gasteiger charge is 2.13. The number of carbonyl (C=O) groups excluding carboxylic acids is 1. The molecule has 0 saturated heterocycles. The Kier molecular flexibility index (Phi) is 5.16. The van der Waals surface area contributed by atoms with Crippen LogP contribution in [0.5, 0.6) is 5.75 Å². The van der Waals surface area contributed by atoms with Crippen LogP contribution < -0.4 is 10.1 Å². The Morgan fingerprint density at radius 1 is 1.48 bits per heavy atom.